The summed E-state index contributed by atoms with van der Waals surface area (Å²) in [6, 6.07) is 10.9. The second-order valence-corrected chi connectivity index (χ2v) is 4.40. The van der Waals surface area contributed by atoms with Crippen molar-refractivity contribution in [1.82, 2.24) is 0 Å². The molecule has 4 nitrogen and oxygen atoms in total. The van der Waals surface area contributed by atoms with Crippen LogP contribution in [0.5, 0.6) is 23.0 Å². The monoisotopic (exact) mass is 276 g/mol. The van der Waals surface area contributed by atoms with E-state index >= 15 is 0 Å². The Morgan fingerprint density at radius 1 is 1.10 bits per heavy atom. The maximum Gasteiger partial charge on any atom is 0.165 e. The van der Waals surface area contributed by atoms with Crippen molar-refractivity contribution in [1.29, 1.82) is 0 Å². The lowest BCUT2D eigenvalue weighted by atomic mass is 10.2. The van der Waals surface area contributed by atoms with E-state index in [0.717, 1.165) is 0 Å². The maximum absolute atomic E-state index is 12.8. The smallest absolute Gasteiger partial charge is 0.165 e. The van der Waals surface area contributed by atoms with Crippen molar-refractivity contribution in [3.05, 3.63) is 48.3 Å². The molecule has 0 fully saturated rings. The number of hydrogen-bond donors (Lipinski definition) is 1. The Morgan fingerprint density at radius 3 is 2.60 bits per heavy atom. The van der Waals surface area contributed by atoms with Gasteiger partial charge in [0.25, 0.3) is 0 Å². The minimum atomic E-state index is -0.372. The average Bonchev–Trinajstić information content (AvgIpc) is 2.49. The van der Waals surface area contributed by atoms with Gasteiger partial charge in [-0.05, 0) is 36.4 Å². The van der Waals surface area contributed by atoms with E-state index in [1.807, 2.05) is 0 Å². The van der Waals surface area contributed by atoms with Crippen LogP contribution in [-0.4, -0.2) is 24.4 Å². The van der Waals surface area contributed by atoms with Crippen molar-refractivity contribution in [3.63, 3.8) is 0 Å². The number of aliphatic hydroxyl groups is 1. The lowest BCUT2D eigenvalue weighted by Gasteiger charge is -2.25. The standard InChI is InChI=1S/C15H13FO4/c16-10-1-3-11(4-2-10)19-12-5-6-14-15(7-12)20-13(8-17)9-18-14/h1-7,13,17H,8-9H2/t13-/m0/s1. The van der Waals surface area contributed by atoms with Gasteiger partial charge in [0.15, 0.2) is 17.6 Å². The highest BCUT2D eigenvalue weighted by Crippen LogP contribution is 2.36. The van der Waals surface area contributed by atoms with Gasteiger partial charge in [-0.25, -0.2) is 4.39 Å². The third kappa shape index (κ3) is 2.67. The molecule has 0 unspecified atom stereocenters. The number of aliphatic hydroxyl groups excluding tert-OH is 1. The lowest BCUT2D eigenvalue weighted by Crippen LogP contribution is -2.32. The summed E-state index contributed by atoms with van der Waals surface area (Å²) in [6.07, 6.45) is -0.372. The first-order valence-corrected chi connectivity index (χ1v) is 6.22. The van der Waals surface area contributed by atoms with Crippen molar-refractivity contribution in [2.24, 2.45) is 0 Å². The number of rotatable bonds is 3. The van der Waals surface area contributed by atoms with Gasteiger partial charge in [0.05, 0.1) is 6.61 Å². The molecular weight excluding hydrogens is 263 g/mol. The molecule has 2 aromatic rings. The molecule has 0 bridgehead atoms. The van der Waals surface area contributed by atoms with Gasteiger partial charge in [-0.15, -0.1) is 0 Å². The van der Waals surface area contributed by atoms with E-state index in [2.05, 4.69) is 0 Å². The van der Waals surface area contributed by atoms with Crippen LogP contribution in [0.25, 0.3) is 0 Å². The molecule has 0 amide bonds. The first-order valence-electron chi connectivity index (χ1n) is 6.22. The molecule has 0 saturated carbocycles. The van der Waals surface area contributed by atoms with Crippen LogP contribution in [0, 0.1) is 5.82 Å². The van der Waals surface area contributed by atoms with E-state index in [4.69, 9.17) is 19.3 Å². The van der Waals surface area contributed by atoms with E-state index < -0.39 is 0 Å². The van der Waals surface area contributed by atoms with Crippen LogP contribution in [-0.2, 0) is 0 Å². The fourth-order valence-electron chi connectivity index (χ4n) is 1.89. The molecule has 2 aromatic carbocycles. The molecule has 1 N–H and O–H groups in total. The number of halogens is 1. The summed E-state index contributed by atoms with van der Waals surface area (Å²) >= 11 is 0. The molecule has 5 heteroatoms. The van der Waals surface area contributed by atoms with Crippen molar-refractivity contribution in [2.75, 3.05) is 13.2 Å². The second kappa shape index (κ2) is 5.38. The summed E-state index contributed by atoms with van der Waals surface area (Å²) in [7, 11) is 0. The van der Waals surface area contributed by atoms with E-state index in [0.29, 0.717) is 29.6 Å². The Morgan fingerprint density at radius 2 is 1.85 bits per heavy atom. The highest BCUT2D eigenvalue weighted by Gasteiger charge is 2.20. The third-order valence-electron chi connectivity index (χ3n) is 2.89. The van der Waals surface area contributed by atoms with Crippen LogP contribution in [0.15, 0.2) is 42.5 Å². The molecule has 0 aliphatic carbocycles. The van der Waals surface area contributed by atoms with Gasteiger partial charge in [0.1, 0.15) is 23.9 Å². The summed E-state index contributed by atoms with van der Waals surface area (Å²) < 4.78 is 29.4. The van der Waals surface area contributed by atoms with Crippen LogP contribution in [0.4, 0.5) is 4.39 Å². The first kappa shape index (κ1) is 12.7. The Balaban J connectivity index is 1.79. The van der Waals surface area contributed by atoms with Gasteiger partial charge in [-0.2, -0.15) is 0 Å². The summed E-state index contributed by atoms with van der Waals surface area (Å²) in [5.41, 5.74) is 0. The van der Waals surface area contributed by atoms with Crippen LogP contribution in [0.1, 0.15) is 0 Å². The van der Waals surface area contributed by atoms with E-state index in [9.17, 15) is 4.39 Å². The van der Waals surface area contributed by atoms with Crippen LogP contribution >= 0.6 is 0 Å². The van der Waals surface area contributed by atoms with E-state index in [1.54, 1.807) is 30.3 Å². The number of benzene rings is 2. The minimum absolute atomic E-state index is 0.109. The van der Waals surface area contributed by atoms with Gasteiger partial charge >= 0.3 is 0 Å². The topological polar surface area (TPSA) is 47.9 Å². The molecule has 0 aromatic heterocycles. The number of hydrogen-bond acceptors (Lipinski definition) is 4. The first-order chi connectivity index (χ1) is 9.74. The van der Waals surface area contributed by atoms with Gasteiger partial charge in [-0.1, -0.05) is 0 Å². The Bertz CT molecular complexity index is 597. The summed E-state index contributed by atoms with van der Waals surface area (Å²) in [6.45, 7) is 0.212. The van der Waals surface area contributed by atoms with E-state index in [-0.39, 0.29) is 18.5 Å². The number of fused-ring (bicyclic) bond motifs is 1. The maximum atomic E-state index is 12.8. The Hall–Kier alpha value is -2.27. The molecule has 0 radical (unpaired) electrons. The minimum Gasteiger partial charge on any atom is -0.486 e. The molecule has 1 heterocycles. The predicted octanol–water partition coefficient (Wildman–Crippen LogP) is 2.75. The SMILES string of the molecule is OC[C@H]1COc2ccc(Oc3ccc(F)cc3)cc2O1. The number of ether oxygens (including phenoxy) is 3. The molecule has 1 atom stereocenters. The van der Waals surface area contributed by atoms with E-state index in [1.165, 1.54) is 12.1 Å². The molecule has 104 valence electrons. The fraction of sp³-hybridized carbons (Fsp3) is 0.200. The van der Waals surface area contributed by atoms with Crippen LogP contribution < -0.4 is 14.2 Å². The lowest BCUT2D eigenvalue weighted by molar-refractivity contribution is 0.0454. The fourth-order valence-corrected chi connectivity index (χ4v) is 1.89. The highest BCUT2D eigenvalue weighted by atomic mass is 19.1. The van der Waals surface area contributed by atoms with Crippen LogP contribution in [0.2, 0.25) is 0 Å². The highest BCUT2D eigenvalue weighted by molar-refractivity contribution is 5.47. The normalized spacial score (nSPS) is 16.8. The Labute approximate surface area is 115 Å². The molecule has 1 aliphatic heterocycles. The van der Waals surface area contributed by atoms with Gasteiger partial charge < -0.3 is 19.3 Å². The molecule has 3 rings (SSSR count). The van der Waals surface area contributed by atoms with Crippen molar-refractivity contribution in [3.8, 4) is 23.0 Å². The summed E-state index contributed by atoms with van der Waals surface area (Å²) in [5.74, 6) is 1.90. The van der Waals surface area contributed by atoms with Crippen molar-refractivity contribution >= 4 is 0 Å². The second-order valence-electron chi connectivity index (χ2n) is 4.40. The predicted molar refractivity (Wildman–Crippen MR) is 69.9 cm³/mol. The van der Waals surface area contributed by atoms with Gasteiger partial charge in [-0.3, -0.25) is 0 Å². The zero-order chi connectivity index (χ0) is 13.9. The zero-order valence-electron chi connectivity index (χ0n) is 10.6. The molecule has 20 heavy (non-hydrogen) atoms. The summed E-state index contributed by atoms with van der Waals surface area (Å²) in [4.78, 5) is 0. The van der Waals surface area contributed by atoms with Crippen molar-refractivity contribution in [2.45, 2.75) is 6.10 Å². The molecular formula is C15H13FO4. The zero-order valence-corrected chi connectivity index (χ0v) is 10.6. The summed E-state index contributed by atoms with van der Waals surface area (Å²) in [5, 5.41) is 9.08. The van der Waals surface area contributed by atoms with Gasteiger partial charge in [0.2, 0.25) is 0 Å². The largest absolute Gasteiger partial charge is 0.486 e. The Kier molecular flexibility index (Phi) is 3.43. The third-order valence-corrected chi connectivity index (χ3v) is 2.89. The molecule has 1 aliphatic rings. The average molecular weight is 276 g/mol. The molecule has 0 saturated heterocycles. The van der Waals surface area contributed by atoms with Gasteiger partial charge in [0, 0.05) is 6.07 Å². The quantitative estimate of drug-likeness (QED) is 0.936. The van der Waals surface area contributed by atoms with Crippen molar-refractivity contribution < 1.29 is 23.7 Å². The molecule has 0 spiro atoms. The van der Waals surface area contributed by atoms with Crippen LogP contribution in [0.3, 0.4) is 0 Å².